The van der Waals surface area contributed by atoms with E-state index < -0.39 is 0 Å². The Morgan fingerprint density at radius 2 is 2.09 bits per heavy atom. The van der Waals surface area contributed by atoms with Gasteiger partial charge in [-0.2, -0.15) is 0 Å². The molecule has 1 aromatic heterocycles. The monoisotopic (exact) mass is 469 g/mol. The van der Waals surface area contributed by atoms with E-state index in [-0.39, 0.29) is 12.0 Å². The van der Waals surface area contributed by atoms with Gasteiger partial charge in [-0.25, -0.2) is 0 Å². The second-order valence-electron chi connectivity index (χ2n) is 7.96. The average Bonchev–Trinajstić information content (AvgIpc) is 3.33. The fraction of sp³-hybridized carbons (Fsp3) is 0.292. The standard InChI is InChI=1S/C24H25Cl2N5O/c1-27-24(28-2)29-8-3-9-32-23-21-17(15-10-13(25)4-6-19(15)30-21)12-18-16-11-14(26)5-7-20(16)31-22(18)23/h4-7,10-12,15,19,30-31H,3,8-9H2,1-2H3,(H2,27,28,29). The van der Waals surface area contributed by atoms with Crippen molar-refractivity contribution in [1.82, 2.24) is 15.6 Å². The normalized spacial score (nSPS) is 19.5. The first-order chi connectivity index (χ1) is 15.6. The van der Waals surface area contributed by atoms with Crippen LogP contribution in [0.5, 0.6) is 5.75 Å². The number of allylic oxidation sites excluding steroid dienone is 2. The maximum Gasteiger partial charge on any atom is 0.190 e. The first-order valence-electron chi connectivity index (χ1n) is 10.7. The molecule has 4 N–H and O–H groups in total. The highest BCUT2D eigenvalue weighted by molar-refractivity contribution is 6.32. The van der Waals surface area contributed by atoms with Gasteiger partial charge in [0.25, 0.3) is 0 Å². The lowest BCUT2D eigenvalue weighted by molar-refractivity contribution is 0.315. The van der Waals surface area contributed by atoms with Crippen LogP contribution < -0.4 is 20.7 Å². The third kappa shape index (κ3) is 3.67. The number of nitrogens with one attached hydrogen (secondary N) is 4. The molecule has 3 aromatic rings. The minimum atomic E-state index is 0.164. The molecule has 2 aliphatic rings. The number of aromatic nitrogens is 1. The fourth-order valence-corrected chi connectivity index (χ4v) is 4.90. The van der Waals surface area contributed by atoms with Crippen molar-refractivity contribution in [2.24, 2.45) is 4.99 Å². The summed E-state index contributed by atoms with van der Waals surface area (Å²) in [5.41, 5.74) is 4.22. The van der Waals surface area contributed by atoms with E-state index in [4.69, 9.17) is 27.9 Å². The highest BCUT2D eigenvalue weighted by Crippen LogP contribution is 2.49. The van der Waals surface area contributed by atoms with E-state index in [1.807, 2.05) is 31.3 Å². The van der Waals surface area contributed by atoms with Gasteiger partial charge in [-0.1, -0.05) is 35.4 Å². The summed E-state index contributed by atoms with van der Waals surface area (Å²) in [7, 11) is 3.60. The number of aliphatic imine (C=N–C) groups is 1. The summed E-state index contributed by atoms with van der Waals surface area (Å²) < 4.78 is 6.40. The number of fused-ring (bicyclic) bond motifs is 6. The third-order valence-corrected chi connectivity index (χ3v) is 6.51. The molecule has 5 rings (SSSR count). The second-order valence-corrected chi connectivity index (χ2v) is 8.84. The zero-order valence-electron chi connectivity index (χ0n) is 17.9. The summed E-state index contributed by atoms with van der Waals surface area (Å²) in [6, 6.07) is 8.31. The molecule has 6 nitrogen and oxygen atoms in total. The van der Waals surface area contributed by atoms with E-state index >= 15 is 0 Å². The van der Waals surface area contributed by atoms with Gasteiger partial charge in [0.05, 0.1) is 23.9 Å². The summed E-state index contributed by atoms with van der Waals surface area (Å²) in [6.07, 6.45) is 7.00. The number of ether oxygens (including phenoxy) is 1. The maximum atomic E-state index is 6.40. The highest BCUT2D eigenvalue weighted by Gasteiger charge is 2.35. The van der Waals surface area contributed by atoms with E-state index in [2.05, 4.69) is 44.1 Å². The molecule has 2 atom stereocenters. The molecule has 32 heavy (non-hydrogen) atoms. The molecule has 0 saturated heterocycles. The molecule has 1 aliphatic heterocycles. The molecule has 1 aliphatic carbocycles. The molecular formula is C24H25Cl2N5O. The van der Waals surface area contributed by atoms with Crippen LogP contribution in [0.2, 0.25) is 5.02 Å². The van der Waals surface area contributed by atoms with Gasteiger partial charge < -0.3 is 25.7 Å². The van der Waals surface area contributed by atoms with Crippen LogP contribution in [0.3, 0.4) is 0 Å². The van der Waals surface area contributed by atoms with Crippen LogP contribution >= 0.6 is 23.2 Å². The van der Waals surface area contributed by atoms with E-state index in [0.29, 0.717) is 11.6 Å². The Bertz CT molecular complexity index is 1280. The smallest absolute Gasteiger partial charge is 0.190 e. The topological polar surface area (TPSA) is 73.5 Å². The molecule has 0 fully saturated rings. The number of halogens is 2. The predicted molar refractivity (Wildman–Crippen MR) is 135 cm³/mol. The van der Waals surface area contributed by atoms with Crippen LogP contribution in [0.25, 0.3) is 21.8 Å². The van der Waals surface area contributed by atoms with Gasteiger partial charge in [-0.15, -0.1) is 0 Å². The first kappa shape index (κ1) is 21.0. The van der Waals surface area contributed by atoms with Crippen molar-refractivity contribution in [2.75, 3.05) is 32.6 Å². The molecular weight excluding hydrogens is 445 g/mol. The highest BCUT2D eigenvalue weighted by atomic mass is 35.5. The van der Waals surface area contributed by atoms with Crippen molar-refractivity contribution in [3.63, 3.8) is 0 Å². The molecule has 166 valence electrons. The van der Waals surface area contributed by atoms with Crippen LogP contribution in [0.4, 0.5) is 5.69 Å². The van der Waals surface area contributed by atoms with Gasteiger partial charge in [0.1, 0.15) is 0 Å². The van der Waals surface area contributed by atoms with Crippen LogP contribution in [0.1, 0.15) is 17.9 Å². The van der Waals surface area contributed by atoms with Gasteiger partial charge in [-0.05, 0) is 42.3 Å². The first-order valence-corrected chi connectivity index (χ1v) is 11.5. The van der Waals surface area contributed by atoms with Gasteiger partial charge in [0.15, 0.2) is 11.7 Å². The SMILES string of the molecule is CN=C(NC)NCCCOc1c2c(cc3c1[nH]c1ccc(Cl)cc13)C1C=C(Cl)C=CC1N2. The lowest BCUT2D eigenvalue weighted by Crippen LogP contribution is -2.35. The minimum absolute atomic E-state index is 0.164. The van der Waals surface area contributed by atoms with Crippen molar-refractivity contribution in [2.45, 2.75) is 18.4 Å². The van der Waals surface area contributed by atoms with Crippen molar-refractivity contribution in [1.29, 1.82) is 0 Å². The van der Waals surface area contributed by atoms with Crippen molar-refractivity contribution in [3.8, 4) is 5.75 Å². The Morgan fingerprint density at radius 1 is 1.22 bits per heavy atom. The van der Waals surface area contributed by atoms with Gasteiger partial charge in [0.2, 0.25) is 0 Å². The Kier molecular flexibility index (Phi) is 5.66. The van der Waals surface area contributed by atoms with Gasteiger partial charge in [-0.3, -0.25) is 4.99 Å². The number of hydrogen-bond donors (Lipinski definition) is 4. The Morgan fingerprint density at radius 3 is 2.91 bits per heavy atom. The molecule has 0 bridgehead atoms. The quantitative estimate of drug-likeness (QED) is 0.238. The van der Waals surface area contributed by atoms with Crippen molar-refractivity contribution >= 4 is 56.7 Å². The Balaban J connectivity index is 1.52. The van der Waals surface area contributed by atoms with Gasteiger partial charge >= 0.3 is 0 Å². The lowest BCUT2D eigenvalue weighted by atomic mass is 9.90. The average molecular weight is 470 g/mol. The molecule has 2 aromatic carbocycles. The Hall–Kier alpha value is -2.83. The van der Waals surface area contributed by atoms with Crippen molar-refractivity contribution < 1.29 is 4.74 Å². The van der Waals surface area contributed by atoms with Crippen LogP contribution in [0, 0.1) is 0 Å². The van der Waals surface area contributed by atoms with Crippen molar-refractivity contribution in [3.05, 3.63) is 58.1 Å². The van der Waals surface area contributed by atoms with E-state index in [9.17, 15) is 0 Å². The number of nitrogens with zero attached hydrogens (tertiary/aromatic N) is 1. The fourth-order valence-electron chi connectivity index (χ4n) is 4.52. The summed E-state index contributed by atoms with van der Waals surface area (Å²) in [5, 5.41) is 13.6. The van der Waals surface area contributed by atoms with Crippen LogP contribution in [-0.4, -0.2) is 44.2 Å². The molecule has 0 spiro atoms. The van der Waals surface area contributed by atoms with Crippen LogP contribution in [-0.2, 0) is 0 Å². The zero-order valence-corrected chi connectivity index (χ0v) is 19.4. The number of H-pyrrole nitrogens is 1. The number of hydrogen-bond acceptors (Lipinski definition) is 3. The molecule has 2 heterocycles. The largest absolute Gasteiger partial charge is 0.489 e. The summed E-state index contributed by atoms with van der Waals surface area (Å²) >= 11 is 12.7. The summed E-state index contributed by atoms with van der Waals surface area (Å²) in [6.45, 7) is 1.33. The number of aromatic amines is 1. The van der Waals surface area contributed by atoms with Gasteiger partial charge in [0, 0.05) is 52.9 Å². The summed E-state index contributed by atoms with van der Waals surface area (Å²) in [5.74, 6) is 1.77. The maximum absolute atomic E-state index is 6.40. The molecule has 8 heteroatoms. The van der Waals surface area contributed by atoms with E-state index in [1.165, 1.54) is 5.56 Å². The number of benzene rings is 2. The second kappa shape index (κ2) is 8.60. The lowest BCUT2D eigenvalue weighted by Gasteiger charge is -2.17. The minimum Gasteiger partial charge on any atom is -0.489 e. The number of guanidine groups is 1. The molecule has 0 saturated carbocycles. The van der Waals surface area contributed by atoms with Crippen LogP contribution in [0.15, 0.2) is 52.5 Å². The molecule has 0 radical (unpaired) electrons. The summed E-state index contributed by atoms with van der Waals surface area (Å²) in [4.78, 5) is 7.68. The van der Waals surface area contributed by atoms with E-state index in [0.717, 1.165) is 57.2 Å². The van der Waals surface area contributed by atoms with E-state index in [1.54, 1.807) is 7.05 Å². The Labute approximate surface area is 196 Å². The number of rotatable bonds is 5. The zero-order chi connectivity index (χ0) is 22.2. The predicted octanol–water partition coefficient (Wildman–Crippen LogP) is 5.11. The third-order valence-electron chi connectivity index (χ3n) is 6.02. The molecule has 0 amide bonds. The number of anilines is 1. The molecule has 2 unspecified atom stereocenters.